The van der Waals surface area contributed by atoms with Gasteiger partial charge in [-0.2, -0.15) is 0 Å². The predicted molar refractivity (Wildman–Crippen MR) is 88.1 cm³/mol. The zero-order valence-electron chi connectivity index (χ0n) is 12.2. The molecule has 1 aliphatic heterocycles. The largest absolute Gasteiger partial charge is 0.507 e. The van der Waals surface area contributed by atoms with Crippen LogP contribution in [-0.2, 0) is 10.8 Å². The molecule has 4 heteroatoms. The molecule has 0 aromatic heterocycles. The van der Waals surface area contributed by atoms with Gasteiger partial charge in [-0.3, -0.25) is 4.21 Å². The molecule has 2 aromatic rings. The van der Waals surface area contributed by atoms with E-state index < -0.39 is 10.8 Å². The van der Waals surface area contributed by atoms with E-state index in [9.17, 15) is 9.32 Å². The minimum atomic E-state index is -0.633. The van der Waals surface area contributed by atoms with Gasteiger partial charge in [0, 0.05) is 45.3 Å². The first kappa shape index (κ1) is 14.5. The summed E-state index contributed by atoms with van der Waals surface area (Å²) in [6.45, 7) is 2.08. The van der Waals surface area contributed by atoms with Crippen LogP contribution in [0.3, 0.4) is 0 Å². The highest BCUT2D eigenvalue weighted by Crippen LogP contribution is 2.32. The van der Waals surface area contributed by atoms with Gasteiger partial charge in [0.05, 0.1) is 0 Å². The molecule has 0 spiro atoms. The van der Waals surface area contributed by atoms with Gasteiger partial charge < -0.3 is 10.4 Å². The van der Waals surface area contributed by atoms with E-state index in [0.29, 0.717) is 11.8 Å². The highest BCUT2D eigenvalue weighted by atomic mass is 32.2. The van der Waals surface area contributed by atoms with E-state index in [4.69, 9.17) is 0 Å². The SMILES string of the molecule is CC(NC1CCS(=O)CC1)c1ccc2ccccc2c1O. The van der Waals surface area contributed by atoms with Crippen molar-refractivity contribution in [2.45, 2.75) is 31.8 Å². The Morgan fingerprint density at radius 3 is 2.67 bits per heavy atom. The normalized spacial score (nSPS) is 24.0. The summed E-state index contributed by atoms with van der Waals surface area (Å²) in [6, 6.07) is 12.4. The van der Waals surface area contributed by atoms with Gasteiger partial charge in [0.15, 0.2) is 0 Å². The van der Waals surface area contributed by atoms with Gasteiger partial charge in [0.1, 0.15) is 5.75 Å². The molecule has 0 radical (unpaired) electrons. The van der Waals surface area contributed by atoms with E-state index in [-0.39, 0.29) is 6.04 Å². The molecule has 1 heterocycles. The lowest BCUT2D eigenvalue weighted by atomic mass is 10.00. The summed E-state index contributed by atoms with van der Waals surface area (Å²) in [4.78, 5) is 0. The van der Waals surface area contributed by atoms with Crippen molar-refractivity contribution in [1.82, 2.24) is 5.32 Å². The number of hydrogen-bond donors (Lipinski definition) is 2. The van der Waals surface area contributed by atoms with E-state index in [0.717, 1.165) is 40.7 Å². The van der Waals surface area contributed by atoms with Crippen LogP contribution in [0.5, 0.6) is 5.75 Å². The number of rotatable bonds is 3. The van der Waals surface area contributed by atoms with Gasteiger partial charge in [-0.05, 0) is 25.2 Å². The van der Waals surface area contributed by atoms with Crippen LogP contribution in [0, 0.1) is 0 Å². The Balaban J connectivity index is 1.79. The van der Waals surface area contributed by atoms with E-state index in [1.54, 1.807) is 0 Å². The summed E-state index contributed by atoms with van der Waals surface area (Å²) in [5, 5.41) is 16.0. The van der Waals surface area contributed by atoms with Gasteiger partial charge in [0.2, 0.25) is 0 Å². The molecular weight excluding hydrogens is 282 g/mol. The third-order valence-electron chi connectivity index (χ3n) is 4.27. The monoisotopic (exact) mass is 303 g/mol. The number of phenolic OH excluding ortho intramolecular Hbond substituents is 1. The molecule has 0 bridgehead atoms. The molecule has 0 saturated carbocycles. The number of nitrogens with one attached hydrogen (secondary N) is 1. The molecule has 1 aliphatic rings. The molecule has 3 rings (SSSR count). The second-order valence-electron chi connectivity index (χ2n) is 5.74. The summed E-state index contributed by atoms with van der Waals surface area (Å²) in [7, 11) is -0.633. The van der Waals surface area contributed by atoms with Crippen LogP contribution in [-0.4, -0.2) is 26.9 Å². The number of benzene rings is 2. The van der Waals surface area contributed by atoms with Crippen molar-refractivity contribution in [3.05, 3.63) is 42.0 Å². The third-order valence-corrected chi connectivity index (χ3v) is 5.65. The van der Waals surface area contributed by atoms with Crippen molar-refractivity contribution in [3.8, 4) is 5.75 Å². The smallest absolute Gasteiger partial charge is 0.128 e. The van der Waals surface area contributed by atoms with Crippen LogP contribution in [0.1, 0.15) is 31.4 Å². The summed E-state index contributed by atoms with van der Waals surface area (Å²) >= 11 is 0. The first-order valence-corrected chi connectivity index (χ1v) is 8.95. The molecule has 1 saturated heterocycles. The first-order chi connectivity index (χ1) is 10.1. The summed E-state index contributed by atoms with van der Waals surface area (Å²) in [5.74, 6) is 1.94. The van der Waals surface area contributed by atoms with Crippen LogP contribution in [0.15, 0.2) is 36.4 Å². The molecule has 1 fully saturated rings. The van der Waals surface area contributed by atoms with Gasteiger partial charge in [-0.15, -0.1) is 0 Å². The summed E-state index contributed by atoms with van der Waals surface area (Å²) in [5.41, 5.74) is 0.931. The molecule has 3 nitrogen and oxygen atoms in total. The number of aromatic hydroxyl groups is 1. The minimum absolute atomic E-state index is 0.0890. The molecule has 2 N–H and O–H groups in total. The number of hydrogen-bond acceptors (Lipinski definition) is 3. The molecule has 1 atom stereocenters. The standard InChI is InChI=1S/C17H21NO2S/c1-12(18-14-8-10-21(20)11-9-14)15-7-6-13-4-2-3-5-16(13)17(15)19/h2-7,12,14,18-19H,8-11H2,1H3. The Labute approximate surface area is 127 Å². The van der Waals surface area contributed by atoms with Crippen LogP contribution in [0.25, 0.3) is 10.8 Å². The fourth-order valence-corrected chi connectivity index (χ4v) is 4.32. The van der Waals surface area contributed by atoms with E-state index in [2.05, 4.69) is 18.3 Å². The molecule has 21 heavy (non-hydrogen) atoms. The average molecular weight is 303 g/mol. The maximum Gasteiger partial charge on any atom is 0.128 e. The van der Waals surface area contributed by atoms with Crippen LogP contribution < -0.4 is 5.32 Å². The summed E-state index contributed by atoms with van der Waals surface area (Å²) in [6.07, 6.45) is 1.90. The van der Waals surface area contributed by atoms with Crippen molar-refractivity contribution in [3.63, 3.8) is 0 Å². The van der Waals surface area contributed by atoms with Gasteiger partial charge >= 0.3 is 0 Å². The summed E-state index contributed by atoms with van der Waals surface area (Å²) < 4.78 is 11.4. The zero-order chi connectivity index (χ0) is 14.8. The fraction of sp³-hybridized carbons (Fsp3) is 0.412. The van der Waals surface area contributed by atoms with Crippen molar-refractivity contribution in [2.75, 3.05) is 11.5 Å². The molecule has 112 valence electrons. The Morgan fingerprint density at radius 2 is 1.90 bits per heavy atom. The quantitative estimate of drug-likeness (QED) is 0.916. The lowest BCUT2D eigenvalue weighted by Gasteiger charge is -2.27. The molecule has 0 amide bonds. The van der Waals surface area contributed by atoms with Gasteiger partial charge in [-0.1, -0.05) is 36.4 Å². The van der Waals surface area contributed by atoms with Crippen molar-refractivity contribution in [2.24, 2.45) is 0 Å². The van der Waals surface area contributed by atoms with Crippen LogP contribution in [0.2, 0.25) is 0 Å². The minimum Gasteiger partial charge on any atom is -0.507 e. The van der Waals surface area contributed by atoms with Crippen molar-refractivity contribution < 1.29 is 9.32 Å². The van der Waals surface area contributed by atoms with Crippen LogP contribution in [0.4, 0.5) is 0 Å². The van der Waals surface area contributed by atoms with Crippen molar-refractivity contribution >= 4 is 21.6 Å². The highest BCUT2D eigenvalue weighted by molar-refractivity contribution is 7.85. The predicted octanol–water partition coefficient (Wildman–Crippen LogP) is 3.11. The van der Waals surface area contributed by atoms with Gasteiger partial charge in [0.25, 0.3) is 0 Å². The fourth-order valence-electron chi connectivity index (χ4n) is 3.03. The third kappa shape index (κ3) is 3.11. The molecule has 1 unspecified atom stereocenters. The Bertz CT molecular complexity index is 661. The molecule has 0 aliphatic carbocycles. The lowest BCUT2D eigenvalue weighted by Crippen LogP contribution is -2.37. The van der Waals surface area contributed by atoms with Crippen molar-refractivity contribution in [1.29, 1.82) is 0 Å². The average Bonchev–Trinajstić information content (AvgIpc) is 2.50. The Hall–Kier alpha value is -1.39. The number of phenols is 1. The van der Waals surface area contributed by atoms with Gasteiger partial charge in [-0.25, -0.2) is 0 Å². The Morgan fingerprint density at radius 1 is 1.19 bits per heavy atom. The highest BCUT2D eigenvalue weighted by Gasteiger charge is 2.21. The second kappa shape index (κ2) is 6.16. The van der Waals surface area contributed by atoms with E-state index in [1.807, 2.05) is 30.3 Å². The number of fused-ring (bicyclic) bond motifs is 1. The van der Waals surface area contributed by atoms with E-state index in [1.165, 1.54) is 0 Å². The molecule has 2 aromatic carbocycles. The van der Waals surface area contributed by atoms with Crippen LogP contribution >= 0.6 is 0 Å². The maximum absolute atomic E-state index is 11.4. The van der Waals surface area contributed by atoms with E-state index >= 15 is 0 Å². The topological polar surface area (TPSA) is 49.3 Å². The Kier molecular flexibility index (Phi) is 4.27. The maximum atomic E-state index is 11.4. The molecular formula is C17H21NO2S. The lowest BCUT2D eigenvalue weighted by molar-refractivity contribution is 0.410. The zero-order valence-corrected chi connectivity index (χ0v) is 13.0. The second-order valence-corrected chi connectivity index (χ2v) is 7.43. The first-order valence-electron chi connectivity index (χ1n) is 7.47.